The van der Waals surface area contributed by atoms with Gasteiger partial charge in [0.15, 0.2) is 0 Å². The number of nitrogens with one attached hydrogen (secondary N) is 6. The van der Waals surface area contributed by atoms with Crippen molar-refractivity contribution in [1.29, 1.82) is 0 Å². The molecule has 4 amide bonds. The molecule has 0 saturated carbocycles. The molecular formula is C58H78Cl6N10O12S2. The zero-order chi connectivity index (χ0) is 62.8. The minimum Gasteiger partial charge on any atom is -0.484 e. The van der Waals surface area contributed by atoms with E-state index >= 15 is 0 Å². The van der Waals surface area contributed by atoms with Gasteiger partial charge in [-0.1, -0.05) is 69.6 Å². The Bertz CT molecular complexity index is 3010. The number of sulfonamides is 2. The van der Waals surface area contributed by atoms with E-state index in [4.69, 9.17) is 109 Å². The van der Waals surface area contributed by atoms with Crippen LogP contribution in [-0.2, 0) is 51.8 Å². The number of fused-ring (bicyclic) bond motifs is 2. The lowest BCUT2D eigenvalue weighted by Crippen LogP contribution is -2.49. The molecule has 486 valence electrons. The summed E-state index contributed by atoms with van der Waals surface area (Å²) in [5.74, 6) is 0.800. The molecule has 2 heterocycles. The molecule has 0 bridgehead atoms. The number of halogens is 6. The number of hydrogen-bond acceptors (Lipinski definition) is 16. The molecule has 10 N–H and O–H groups in total. The fourth-order valence-corrected chi connectivity index (χ4v) is 15.5. The predicted molar refractivity (Wildman–Crippen MR) is 341 cm³/mol. The van der Waals surface area contributed by atoms with E-state index in [0.29, 0.717) is 70.4 Å². The summed E-state index contributed by atoms with van der Waals surface area (Å²) >= 11 is 39.2. The third-order valence-corrected chi connectivity index (χ3v) is 20.4. The Morgan fingerprint density at radius 3 is 1.24 bits per heavy atom. The topological polar surface area (TPSA) is 288 Å². The van der Waals surface area contributed by atoms with E-state index < -0.39 is 32.3 Å². The van der Waals surface area contributed by atoms with Crippen molar-refractivity contribution in [2.75, 3.05) is 118 Å². The molecule has 4 aromatic carbocycles. The van der Waals surface area contributed by atoms with Crippen molar-refractivity contribution in [3.05, 3.63) is 113 Å². The largest absolute Gasteiger partial charge is 0.484 e. The first-order chi connectivity index (χ1) is 42.3. The summed E-state index contributed by atoms with van der Waals surface area (Å²) in [6, 6.07) is 15.5. The first-order valence-electron chi connectivity index (χ1n) is 29.5. The Kier molecular flexibility index (Phi) is 27.3. The molecular weight excluding hydrogens is 1310 g/mol. The van der Waals surface area contributed by atoms with Crippen LogP contribution in [0, 0.1) is 0 Å². The van der Waals surface area contributed by atoms with Crippen molar-refractivity contribution >= 4 is 102 Å². The molecule has 2 saturated heterocycles. The predicted octanol–water partition coefficient (Wildman–Crippen LogP) is 7.24. The number of ether oxygens (including phenoxy) is 6. The van der Waals surface area contributed by atoms with Gasteiger partial charge >= 0.3 is 12.1 Å². The summed E-state index contributed by atoms with van der Waals surface area (Å²) in [6.07, 6.45) is 5.59. The number of likely N-dealkylation sites (tertiary alicyclic amines) is 2. The van der Waals surface area contributed by atoms with Crippen LogP contribution in [0.4, 0.5) is 9.59 Å². The van der Waals surface area contributed by atoms with Crippen LogP contribution in [0.15, 0.2) is 70.5 Å². The molecule has 6 atom stereocenters. The van der Waals surface area contributed by atoms with Gasteiger partial charge in [-0.25, -0.2) is 35.9 Å². The zero-order valence-electron chi connectivity index (χ0n) is 48.7. The van der Waals surface area contributed by atoms with Crippen molar-refractivity contribution in [2.24, 2.45) is 11.5 Å². The quantitative estimate of drug-likeness (QED) is 0.0218. The number of urea groups is 2. The van der Waals surface area contributed by atoms with Gasteiger partial charge in [0.05, 0.1) is 75.0 Å². The van der Waals surface area contributed by atoms with Gasteiger partial charge in [0, 0.05) is 108 Å². The van der Waals surface area contributed by atoms with Gasteiger partial charge in [-0.2, -0.15) is 0 Å². The van der Waals surface area contributed by atoms with E-state index in [-0.39, 0.29) is 135 Å². The van der Waals surface area contributed by atoms with Crippen LogP contribution < -0.4 is 51.7 Å². The molecule has 4 aliphatic rings. The summed E-state index contributed by atoms with van der Waals surface area (Å²) in [5, 5.41) is 13.1. The van der Waals surface area contributed by atoms with Gasteiger partial charge < -0.3 is 61.2 Å². The van der Waals surface area contributed by atoms with Crippen LogP contribution in [0.25, 0.3) is 0 Å². The Morgan fingerprint density at radius 2 is 0.864 bits per heavy atom. The molecule has 0 aromatic heterocycles. The van der Waals surface area contributed by atoms with Gasteiger partial charge in [0.2, 0.25) is 20.0 Å². The third-order valence-electron chi connectivity index (χ3n) is 15.4. The molecule has 30 heteroatoms. The van der Waals surface area contributed by atoms with E-state index in [1.165, 1.54) is 24.3 Å². The maximum Gasteiger partial charge on any atom is 0.314 e. The molecule has 0 spiro atoms. The number of benzene rings is 4. The molecule has 8 rings (SSSR count). The van der Waals surface area contributed by atoms with Gasteiger partial charge in [0.1, 0.15) is 33.5 Å². The fourth-order valence-electron chi connectivity index (χ4n) is 11.2. The second kappa shape index (κ2) is 34.2. The highest BCUT2D eigenvalue weighted by Crippen LogP contribution is 2.46. The van der Waals surface area contributed by atoms with Crippen LogP contribution in [0.2, 0.25) is 30.1 Å². The first kappa shape index (κ1) is 70.1. The van der Waals surface area contributed by atoms with Crippen LogP contribution >= 0.6 is 69.6 Å². The summed E-state index contributed by atoms with van der Waals surface area (Å²) in [5.41, 5.74) is 16.4. The monoisotopic (exact) mass is 1380 g/mol. The number of carbonyl (C=O) groups is 2. The molecule has 88 heavy (non-hydrogen) atoms. The minimum absolute atomic E-state index is 0.00165. The normalized spacial score (nSPS) is 20.5. The lowest BCUT2D eigenvalue weighted by Gasteiger charge is -2.38. The number of amides is 4. The number of carbonyl (C=O) groups excluding carboxylic acids is 2. The molecule has 22 nitrogen and oxygen atoms in total. The molecule has 2 fully saturated rings. The minimum atomic E-state index is -3.98. The van der Waals surface area contributed by atoms with E-state index in [0.717, 1.165) is 74.1 Å². The Balaban J connectivity index is 0.592. The number of hydrogen-bond donors (Lipinski definition) is 8. The molecule has 2 aliphatic heterocycles. The average molecular weight is 1380 g/mol. The highest BCUT2D eigenvalue weighted by atomic mass is 35.5. The van der Waals surface area contributed by atoms with Crippen molar-refractivity contribution in [2.45, 2.75) is 97.5 Å². The third kappa shape index (κ3) is 20.4. The van der Waals surface area contributed by atoms with Gasteiger partial charge in [0.25, 0.3) is 0 Å². The zero-order valence-corrected chi connectivity index (χ0v) is 54.8. The van der Waals surface area contributed by atoms with Crippen LogP contribution in [-0.4, -0.2) is 181 Å². The van der Waals surface area contributed by atoms with Gasteiger partial charge in [-0.15, -0.1) is 0 Å². The van der Waals surface area contributed by atoms with Gasteiger partial charge in [-0.3, -0.25) is 9.80 Å². The van der Waals surface area contributed by atoms with Crippen LogP contribution in [0.5, 0.6) is 11.5 Å². The molecule has 4 aromatic rings. The smallest absolute Gasteiger partial charge is 0.314 e. The number of rotatable bonds is 33. The Morgan fingerprint density at radius 1 is 0.489 bits per heavy atom. The summed E-state index contributed by atoms with van der Waals surface area (Å²) in [6.45, 7) is 6.01. The number of piperidine rings is 2. The first-order valence-corrected chi connectivity index (χ1v) is 34.7. The van der Waals surface area contributed by atoms with E-state index in [2.05, 4.69) is 40.5 Å². The molecule has 0 unspecified atom stereocenters. The average Bonchev–Trinajstić information content (AvgIpc) is 3.85. The SMILES string of the molecule is N[C@@H]1CCCN([C@H]2Cc3c(Cl)cc(Cl)cc3[C@@H]2Oc2ccc(S(=O)(=O)NCCOCCOCCNC(=O)NCCCCNC(=O)NCCOCCOCCNS(=O)(=O)c3ccc(O[C@H]4c5cc(Cl)cc(Cl)c5C[C@@H]4N4CCC[C@@H](N)C4)cc3Cl)c(Cl)c2)C1. The maximum absolute atomic E-state index is 13.2. The van der Waals surface area contributed by atoms with Crippen LogP contribution in [0.3, 0.4) is 0 Å². The van der Waals surface area contributed by atoms with E-state index in [1.807, 2.05) is 12.1 Å². The summed E-state index contributed by atoms with van der Waals surface area (Å²) < 4.78 is 92.9. The Labute approximate surface area is 545 Å². The standard InChI is InChI=1S/C58H78Cl6N10O12S2/c59-37-27-45-43(47(61)29-37)33-51(73-17-3-5-39(65)35-73)55(45)85-41-7-9-53(49(63)31-41)87(77,78)71-15-21-83-25-23-81-19-13-69-57(75)67-11-1-2-12-68-58(76)70-14-20-82-24-26-84-22-16-72-88(79,80)54-10-8-42(32-50(54)64)86-56-46-28-38(60)30-48(62)44(46)34-52(56)74-18-4-6-40(66)36-74/h7-10,27-32,39-40,51-52,55-56,71-72H,1-6,11-26,33-36,65-66H2,(H2,67,69,75)(H2,68,70,76)/t39-,40-,51+,52+,55+,56+/m1/s1. The lowest BCUT2D eigenvalue weighted by atomic mass is 10.0. The van der Waals surface area contributed by atoms with Crippen molar-refractivity contribution in [1.82, 2.24) is 40.5 Å². The molecule has 0 radical (unpaired) electrons. The van der Waals surface area contributed by atoms with Crippen molar-refractivity contribution in [3.8, 4) is 11.5 Å². The van der Waals surface area contributed by atoms with Crippen LogP contribution in [0.1, 0.15) is 73.0 Å². The highest BCUT2D eigenvalue weighted by molar-refractivity contribution is 7.90. The molecule has 2 aliphatic carbocycles. The number of nitrogens with zero attached hydrogens (tertiary/aromatic N) is 2. The number of nitrogens with two attached hydrogens (primary N) is 2. The summed E-state index contributed by atoms with van der Waals surface area (Å²) in [4.78, 5) is 28.8. The fraction of sp³-hybridized carbons (Fsp3) is 0.552. The summed E-state index contributed by atoms with van der Waals surface area (Å²) in [7, 11) is -7.96. The van der Waals surface area contributed by atoms with Crippen molar-refractivity contribution < 1.29 is 54.8 Å². The number of unbranched alkanes of at least 4 members (excludes halogenated alkanes) is 1. The van der Waals surface area contributed by atoms with E-state index in [9.17, 15) is 26.4 Å². The van der Waals surface area contributed by atoms with E-state index in [1.54, 1.807) is 24.3 Å². The van der Waals surface area contributed by atoms with Crippen molar-refractivity contribution in [3.63, 3.8) is 0 Å². The lowest BCUT2D eigenvalue weighted by molar-refractivity contribution is 0.0516. The Hall–Kier alpha value is -3.74. The second-order valence-electron chi connectivity index (χ2n) is 21.8. The highest BCUT2D eigenvalue weighted by Gasteiger charge is 2.43. The second-order valence-corrected chi connectivity index (χ2v) is 27.8. The maximum atomic E-state index is 13.2. The van der Waals surface area contributed by atoms with Gasteiger partial charge in [-0.05, 0) is 124 Å².